The molecule has 18 nitrogen and oxygen atoms in total. The van der Waals surface area contributed by atoms with Crippen LogP contribution in [0.25, 0.3) is 0 Å². The van der Waals surface area contributed by atoms with Crippen molar-refractivity contribution in [2.75, 3.05) is 72.5 Å². The molecule has 3 aromatic carbocycles. The van der Waals surface area contributed by atoms with Gasteiger partial charge in [0.15, 0.2) is 28.8 Å². The molecule has 0 aliphatic carbocycles. The van der Waals surface area contributed by atoms with Crippen molar-refractivity contribution in [1.29, 1.82) is 0 Å². The number of carbonyl (C=O) groups is 1. The molecule has 402 valence electrons. The fourth-order valence-corrected chi connectivity index (χ4v) is 11.5. The maximum Gasteiger partial charge on any atom is 0.311 e. The summed E-state index contributed by atoms with van der Waals surface area (Å²) in [6.45, 7) is 4.84. The monoisotopic (exact) mass is 1110 g/mol. The fourth-order valence-electron chi connectivity index (χ4n) is 8.88. The Bertz CT molecular complexity index is 3150. The molecule has 0 bridgehead atoms. The highest BCUT2D eigenvalue weighted by atomic mass is 32.2. The number of nitrogens with zero attached hydrogens (tertiary/aromatic N) is 2. The Morgan fingerprint density at radius 2 is 1.33 bits per heavy atom. The van der Waals surface area contributed by atoms with Gasteiger partial charge in [-0.3, -0.25) is 21.9 Å². The number of carbonyl (C=O) groups excluding carboxylic acids is 1. The van der Waals surface area contributed by atoms with Gasteiger partial charge in [0.1, 0.15) is 6.61 Å². The van der Waals surface area contributed by atoms with Gasteiger partial charge >= 0.3 is 16.1 Å². The highest BCUT2D eigenvalue weighted by molar-refractivity contribution is 7.87. The van der Waals surface area contributed by atoms with E-state index in [1.807, 2.05) is 29.4 Å². The van der Waals surface area contributed by atoms with Crippen molar-refractivity contribution in [2.45, 2.75) is 84.3 Å². The van der Waals surface area contributed by atoms with Gasteiger partial charge in [-0.15, -0.1) is 0 Å². The third kappa shape index (κ3) is 12.8. The fraction of sp³-hybridized carbons (Fsp3) is 0.447. The number of rotatable bonds is 26. The summed E-state index contributed by atoms with van der Waals surface area (Å²) in [6.07, 6.45) is 9.80. The molecular formula is C47H57F4N2O16S4+. The van der Waals surface area contributed by atoms with E-state index >= 15 is 0 Å². The SMILES string of the molecule is COCC[N+]1=C(C=CC=CC=C2N(CCCCCC(=O)Oc3c(F)c(F)c(S(=O)(=O)OC)c(F)c3F)c3ccc(S(=O)(=O)OC)cc3C2(C)CCOC)C(C)(CCCS(=O)(=O)OC)c2cc(S(=O)(=O)O)ccc21. The molecule has 0 fully saturated rings. The minimum atomic E-state index is -5.23. The molecule has 0 saturated heterocycles. The number of benzene rings is 3. The van der Waals surface area contributed by atoms with Crippen LogP contribution in [0.3, 0.4) is 0 Å². The van der Waals surface area contributed by atoms with E-state index in [9.17, 15) is 60.6 Å². The summed E-state index contributed by atoms with van der Waals surface area (Å²) < 4.78 is 198. The highest BCUT2D eigenvalue weighted by Crippen LogP contribution is 2.51. The smallest absolute Gasteiger partial charge is 0.311 e. The summed E-state index contributed by atoms with van der Waals surface area (Å²) in [7, 11) is -12.2. The van der Waals surface area contributed by atoms with Crippen molar-refractivity contribution in [1.82, 2.24) is 0 Å². The Kier molecular flexibility index (Phi) is 19.2. The van der Waals surface area contributed by atoms with E-state index in [2.05, 4.69) is 13.1 Å². The number of ether oxygens (including phenoxy) is 3. The number of unbranched alkanes of at least 4 members (excludes halogenated alkanes) is 2. The Morgan fingerprint density at radius 3 is 1.93 bits per heavy atom. The zero-order valence-electron chi connectivity index (χ0n) is 40.9. The van der Waals surface area contributed by atoms with E-state index in [0.717, 1.165) is 14.2 Å². The van der Waals surface area contributed by atoms with Crippen LogP contribution in [0, 0.1) is 23.3 Å². The van der Waals surface area contributed by atoms with Crippen LogP contribution in [-0.4, -0.2) is 122 Å². The summed E-state index contributed by atoms with van der Waals surface area (Å²) in [5.41, 5.74) is 1.91. The summed E-state index contributed by atoms with van der Waals surface area (Å²) in [5.74, 6) is -12.6. The number of allylic oxidation sites excluding steroid dienone is 6. The van der Waals surface area contributed by atoms with Gasteiger partial charge < -0.3 is 19.1 Å². The number of hydrogen-bond acceptors (Lipinski definition) is 16. The normalized spacial score (nSPS) is 19.0. The second-order valence-corrected chi connectivity index (χ2v) is 23.8. The lowest BCUT2D eigenvalue weighted by atomic mass is 9.76. The molecule has 2 atom stereocenters. The molecule has 26 heteroatoms. The lowest BCUT2D eigenvalue weighted by Gasteiger charge is -2.30. The standard InChI is InChI=1S/C47H56F4N2O16S4/c1-46(22-14-28-70(55,56)66-5)33-29-31(71(57,58)59)18-20-36(33)53(25-27-65-4)37(46)15-10-8-11-16-38-47(2,23-26-64-3)34-30-32(72(60,61)67-6)19-21-35(34)52(38)24-13-9-12-17-39(54)69-44-40(48)42(50)45(43(51)41(44)49)73(62,63)68-7/h8,10-11,15-16,18-21,29-30H,9,12-14,17,22-28H2,1-7H3/p+1. The van der Waals surface area contributed by atoms with Crippen LogP contribution in [0.5, 0.6) is 5.75 Å². The number of esters is 1. The molecule has 2 heterocycles. The molecule has 2 unspecified atom stereocenters. The third-order valence-corrected chi connectivity index (χ3v) is 17.4. The average molecular weight is 1110 g/mol. The van der Waals surface area contributed by atoms with E-state index in [4.69, 9.17) is 13.7 Å². The van der Waals surface area contributed by atoms with Gasteiger partial charge in [0.05, 0.1) is 42.3 Å². The van der Waals surface area contributed by atoms with Gasteiger partial charge in [-0.05, 0) is 87.9 Å². The highest BCUT2D eigenvalue weighted by Gasteiger charge is 2.48. The lowest BCUT2D eigenvalue weighted by Crippen LogP contribution is -2.32. The van der Waals surface area contributed by atoms with Crippen molar-refractivity contribution in [3.8, 4) is 5.75 Å². The van der Waals surface area contributed by atoms with Crippen LogP contribution in [0.4, 0.5) is 28.9 Å². The lowest BCUT2D eigenvalue weighted by molar-refractivity contribution is -0.441. The van der Waals surface area contributed by atoms with Gasteiger partial charge in [-0.1, -0.05) is 24.6 Å². The van der Waals surface area contributed by atoms with Crippen LogP contribution in [0.1, 0.15) is 69.9 Å². The maximum atomic E-state index is 14.7. The zero-order chi connectivity index (χ0) is 54.3. The quantitative estimate of drug-likeness (QED) is 0.00991. The van der Waals surface area contributed by atoms with Gasteiger partial charge in [-0.2, -0.15) is 47.0 Å². The first-order valence-corrected chi connectivity index (χ1v) is 28.2. The molecule has 0 amide bonds. The van der Waals surface area contributed by atoms with Crippen molar-refractivity contribution < 1.29 is 91.9 Å². The number of halogens is 4. The Balaban J connectivity index is 1.47. The van der Waals surface area contributed by atoms with Crippen LogP contribution >= 0.6 is 0 Å². The molecule has 5 rings (SSSR count). The van der Waals surface area contributed by atoms with Crippen molar-refractivity contribution in [2.24, 2.45) is 0 Å². The van der Waals surface area contributed by atoms with Crippen LogP contribution in [-0.2, 0) is 78.1 Å². The van der Waals surface area contributed by atoms with Gasteiger partial charge in [0, 0.05) is 68.3 Å². The summed E-state index contributed by atoms with van der Waals surface area (Å²) in [6, 6.07) is 8.76. The minimum absolute atomic E-state index is 0.0575. The first-order valence-electron chi connectivity index (χ1n) is 22.4. The third-order valence-electron chi connectivity index (χ3n) is 12.7. The Labute approximate surface area is 423 Å². The largest absolute Gasteiger partial charge is 0.420 e. The molecule has 2 aliphatic rings. The van der Waals surface area contributed by atoms with E-state index < -0.39 is 97.6 Å². The maximum absolute atomic E-state index is 14.7. The predicted molar refractivity (Wildman–Crippen MR) is 258 cm³/mol. The molecule has 0 aromatic heterocycles. The Morgan fingerprint density at radius 1 is 0.699 bits per heavy atom. The van der Waals surface area contributed by atoms with Crippen LogP contribution in [0.15, 0.2) is 87.2 Å². The molecule has 0 radical (unpaired) electrons. The Hall–Kier alpha value is -4.90. The van der Waals surface area contributed by atoms with E-state index in [1.165, 1.54) is 38.5 Å². The second kappa shape index (κ2) is 23.8. The molecule has 1 N–H and O–H groups in total. The molecule has 73 heavy (non-hydrogen) atoms. The van der Waals surface area contributed by atoms with Gasteiger partial charge in [0.2, 0.25) is 23.1 Å². The van der Waals surface area contributed by atoms with Gasteiger partial charge in [0.25, 0.3) is 30.4 Å². The topological polar surface area (TPSA) is 235 Å². The number of methoxy groups -OCH3 is 2. The van der Waals surface area contributed by atoms with Crippen LogP contribution < -0.4 is 9.64 Å². The summed E-state index contributed by atoms with van der Waals surface area (Å²) >= 11 is 0. The zero-order valence-corrected chi connectivity index (χ0v) is 44.2. The van der Waals surface area contributed by atoms with Crippen LogP contribution in [0.2, 0.25) is 0 Å². The second-order valence-electron chi connectivity index (χ2n) is 17.2. The number of hydrogen-bond donors (Lipinski definition) is 1. The minimum Gasteiger partial charge on any atom is -0.420 e. The van der Waals surface area contributed by atoms with E-state index in [0.29, 0.717) is 66.8 Å². The number of anilines is 1. The summed E-state index contributed by atoms with van der Waals surface area (Å²) in [4.78, 5) is 12.2. The van der Waals surface area contributed by atoms with Crippen molar-refractivity contribution in [3.63, 3.8) is 0 Å². The average Bonchev–Trinajstić information content (AvgIpc) is 3.71. The number of fused-ring (bicyclic) bond motifs is 2. The molecule has 2 aliphatic heterocycles. The predicted octanol–water partition coefficient (Wildman–Crippen LogP) is 6.90. The van der Waals surface area contributed by atoms with Crippen molar-refractivity contribution >= 4 is 63.5 Å². The summed E-state index contributed by atoms with van der Waals surface area (Å²) in [5, 5.41) is 0. The first kappa shape index (κ1) is 59.0. The molecule has 0 spiro atoms. The van der Waals surface area contributed by atoms with Gasteiger partial charge in [-0.25, -0.2) is 8.78 Å². The molecular weight excluding hydrogens is 1050 g/mol. The first-order chi connectivity index (χ1) is 34.2. The molecule has 0 saturated carbocycles. The molecule has 3 aromatic rings. The van der Waals surface area contributed by atoms with E-state index in [-0.39, 0.29) is 54.6 Å². The van der Waals surface area contributed by atoms with E-state index in [1.54, 1.807) is 36.4 Å². The van der Waals surface area contributed by atoms with Crippen molar-refractivity contribution in [3.05, 3.63) is 107 Å².